The zero-order valence-corrected chi connectivity index (χ0v) is 24.7. The largest absolute Gasteiger partial charge is 0.504 e. The zero-order chi connectivity index (χ0) is 28.3. The number of carbonyl (C=O) groups is 2. The third-order valence-corrected chi connectivity index (χ3v) is 6.99. The summed E-state index contributed by atoms with van der Waals surface area (Å²) in [6, 6.07) is 4.72. The van der Waals surface area contributed by atoms with Gasteiger partial charge >= 0.3 is 11.9 Å². The van der Waals surface area contributed by atoms with Crippen LogP contribution < -0.4 is 4.74 Å². The quantitative estimate of drug-likeness (QED) is 0.135. The third-order valence-electron chi connectivity index (χ3n) is 6.99. The van der Waals surface area contributed by atoms with E-state index in [0.29, 0.717) is 11.3 Å². The lowest BCUT2D eigenvalue weighted by atomic mass is 9.91. The number of allylic oxidation sites excluding steroid dienone is 1. The van der Waals surface area contributed by atoms with Crippen LogP contribution in [0.1, 0.15) is 111 Å². The molecule has 0 unspecified atom stereocenters. The van der Waals surface area contributed by atoms with Crippen LogP contribution in [0, 0.1) is 17.8 Å². The highest BCUT2D eigenvalue weighted by molar-refractivity contribution is 5.77. The number of phenols is 1. The van der Waals surface area contributed by atoms with Gasteiger partial charge in [0.25, 0.3) is 0 Å². The van der Waals surface area contributed by atoms with E-state index in [0.717, 1.165) is 30.6 Å². The number of rotatable bonds is 20. The Balaban J connectivity index is 2.11. The van der Waals surface area contributed by atoms with Crippen molar-refractivity contribution in [3.05, 3.63) is 35.4 Å². The number of hydrogen-bond acceptors (Lipinski definition) is 6. The van der Waals surface area contributed by atoms with Crippen LogP contribution >= 0.6 is 0 Å². The van der Waals surface area contributed by atoms with Gasteiger partial charge in [0, 0.05) is 0 Å². The molecule has 0 fully saturated rings. The minimum atomic E-state index is -0.476. The first-order chi connectivity index (χ1) is 18.1. The Kier molecular flexibility index (Phi) is 17.3. The van der Waals surface area contributed by atoms with E-state index in [-0.39, 0.29) is 31.8 Å². The normalized spacial score (nSPS) is 13.3. The standard InChI is InChI=1S/C32H52O6/c1-24(2)10-7-11-25(3)12-8-13-26(4)14-9-15-27(5)20-21-37-31(34)18-19-32(35)38-23-28-16-17-29(33)30(22-28)36-6/h16-17,20,22,24-26,33H,7-15,18-19,21,23H2,1-6H3/b27-20+/t25-,26-/m1/s1. The average molecular weight is 533 g/mol. The van der Waals surface area contributed by atoms with Gasteiger partial charge < -0.3 is 19.3 Å². The van der Waals surface area contributed by atoms with E-state index < -0.39 is 11.9 Å². The fourth-order valence-electron chi connectivity index (χ4n) is 4.41. The lowest BCUT2D eigenvalue weighted by Crippen LogP contribution is -2.10. The molecule has 38 heavy (non-hydrogen) atoms. The zero-order valence-electron chi connectivity index (χ0n) is 24.7. The minimum Gasteiger partial charge on any atom is -0.504 e. The van der Waals surface area contributed by atoms with Crippen LogP contribution in [0.15, 0.2) is 29.8 Å². The molecule has 0 saturated carbocycles. The van der Waals surface area contributed by atoms with E-state index >= 15 is 0 Å². The van der Waals surface area contributed by atoms with Gasteiger partial charge in [-0.3, -0.25) is 9.59 Å². The average Bonchev–Trinajstić information content (AvgIpc) is 2.86. The molecule has 1 aromatic carbocycles. The first-order valence-electron chi connectivity index (χ1n) is 14.4. The van der Waals surface area contributed by atoms with Crippen LogP contribution in [-0.4, -0.2) is 30.8 Å². The van der Waals surface area contributed by atoms with Crippen LogP contribution in [0.2, 0.25) is 0 Å². The van der Waals surface area contributed by atoms with Crippen LogP contribution in [0.5, 0.6) is 11.5 Å². The van der Waals surface area contributed by atoms with Crippen molar-refractivity contribution >= 4 is 11.9 Å². The molecular weight excluding hydrogens is 480 g/mol. The molecule has 0 radical (unpaired) electrons. The Morgan fingerprint density at radius 1 is 0.842 bits per heavy atom. The SMILES string of the molecule is COc1cc(COC(=O)CCC(=O)OC/C=C(\C)CCC[C@H](C)CCC[C@H](C)CCCC(C)C)ccc1O. The van der Waals surface area contributed by atoms with Crippen molar-refractivity contribution in [3.63, 3.8) is 0 Å². The molecule has 216 valence electrons. The Hall–Kier alpha value is -2.50. The van der Waals surface area contributed by atoms with Gasteiger partial charge in [0.2, 0.25) is 0 Å². The van der Waals surface area contributed by atoms with Crippen LogP contribution in [0.4, 0.5) is 0 Å². The van der Waals surface area contributed by atoms with Crippen molar-refractivity contribution in [1.82, 2.24) is 0 Å². The number of hydrogen-bond donors (Lipinski definition) is 1. The maximum atomic E-state index is 12.0. The molecule has 0 aliphatic rings. The predicted molar refractivity (Wildman–Crippen MR) is 153 cm³/mol. The van der Waals surface area contributed by atoms with E-state index in [4.69, 9.17) is 14.2 Å². The van der Waals surface area contributed by atoms with Crippen LogP contribution in [0.3, 0.4) is 0 Å². The summed E-state index contributed by atoms with van der Waals surface area (Å²) in [4.78, 5) is 23.9. The van der Waals surface area contributed by atoms with Gasteiger partial charge in [-0.2, -0.15) is 0 Å². The topological polar surface area (TPSA) is 82.1 Å². The molecule has 0 heterocycles. The molecule has 0 amide bonds. The van der Waals surface area contributed by atoms with Gasteiger partial charge in [-0.25, -0.2) is 0 Å². The summed E-state index contributed by atoms with van der Waals surface area (Å²) in [6.45, 7) is 11.7. The van der Waals surface area contributed by atoms with E-state index in [2.05, 4.69) is 34.6 Å². The van der Waals surface area contributed by atoms with E-state index in [1.807, 2.05) is 6.08 Å². The highest BCUT2D eigenvalue weighted by Crippen LogP contribution is 2.26. The van der Waals surface area contributed by atoms with Crippen molar-refractivity contribution in [2.24, 2.45) is 17.8 Å². The summed E-state index contributed by atoms with van der Waals surface area (Å²) in [5, 5.41) is 9.61. The molecule has 1 rings (SSSR count). The highest BCUT2D eigenvalue weighted by Gasteiger charge is 2.11. The maximum absolute atomic E-state index is 12.0. The maximum Gasteiger partial charge on any atom is 0.306 e. The lowest BCUT2D eigenvalue weighted by Gasteiger charge is -2.15. The number of esters is 2. The lowest BCUT2D eigenvalue weighted by molar-refractivity contribution is -0.150. The van der Waals surface area contributed by atoms with Crippen molar-refractivity contribution in [2.45, 2.75) is 112 Å². The molecule has 2 atom stereocenters. The molecule has 6 heteroatoms. The molecule has 0 aromatic heterocycles. The summed E-state index contributed by atoms with van der Waals surface area (Å²) < 4.78 is 15.5. The van der Waals surface area contributed by atoms with Gasteiger partial charge in [-0.05, 0) is 61.3 Å². The van der Waals surface area contributed by atoms with Crippen molar-refractivity contribution < 1.29 is 28.9 Å². The molecule has 1 N–H and O–H groups in total. The first-order valence-corrected chi connectivity index (χ1v) is 14.4. The van der Waals surface area contributed by atoms with Gasteiger partial charge in [0.1, 0.15) is 13.2 Å². The summed E-state index contributed by atoms with van der Waals surface area (Å²) in [7, 11) is 1.45. The first kappa shape index (κ1) is 33.5. The van der Waals surface area contributed by atoms with Crippen molar-refractivity contribution in [3.8, 4) is 11.5 Å². The fourth-order valence-corrected chi connectivity index (χ4v) is 4.41. The second-order valence-corrected chi connectivity index (χ2v) is 11.3. The third kappa shape index (κ3) is 16.4. The summed E-state index contributed by atoms with van der Waals surface area (Å²) >= 11 is 0. The Bertz CT molecular complexity index is 844. The van der Waals surface area contributed by atoms with Crippen molar-refractivity contribution in [2.75, 3.05) is 13.7 Å². The number of phenolic OH excluding ortho intramolecular Hbond substituents is 1. The molecule has 0 aliphatic heterocycles. The number of aromatic hydroxyl groups is 1. The van der Waals surface area contributed by atoms with Gasteiger partial charge in [0.05, 0.1) is 20.0 Å². The number of ether oxygens (including phenoxy) is 3. The monoisotopic (exact) mass is 532 g/mol. The highest BCUT2D eigenvalue weighted by atomic mass is 16.5. The number of benzene rings is 1. The van der Waals surface area contributed by atoms with Gasteiger partial charge in [-0.1, -0.05) is 84.3 Å². The fraction of sp³-hybridized carbons (Fsp3) is 0.688. The van der Waals surface area contributed by atoms with Crippen LogP contribution in [0.25, 0.3) is 0 Å². The molecule has 6 nitrogen and oxygen atoms in total. The molecule has 0 spiro atoms. The Morgan fingerprint density at radius 2 is 1.42 bits per heavy atom. The Morgan fingerprint density at radius 3 is 2.03 bits per heavy atom. The van der Waals surface area contributed by atoms with E-state index in [1.165, 1.54) is 63.7 Å². The van der Waals surface area contributed by atoms with Crippen molar-refractivity contribution in [1.29, 1.82) is 0 Å². The van der Waals surface area contributed by atoms with Gasteiger partial charge in [-0.15, -0.1) is 0 Å². The minimum absolute atomic E-state index is 0.0154. The number of methoxy groups -OCH3 is 1. The summed E-state index contributed by atoms with van der Waals surface area (Å²) in [5.74, 6) is 1.85. The smallest absolute Gasteiger partial charge is 0.306 e. The van der Waals surface area contributed by atoms with Crippen LogP contribution in [-0.2, 0) is 25.7 Å². The van der Waals surface area contributed by atoms with E-state index in [1.54, 1.807) is 12.1 Å². The second-order valence-electron chi connectivity index (χ2n) is 11.3. The number of carbonyl (C=O) groups excluding carboxylic acids is 2. The second kappa shape index (κ2) is 19.6. The Labute approximate surface area is 231 Å². The molecule has 0 aliphatic carbocycles. The molecule has 0 bridgehead atoms. The predicted octanol–water partition coefficient (Wildman–Crippen LogP) is 8.15. The molecule has 1 aromatic rings. The summed E-state index contributed by atoms with van der Waals surface area (Å²) in [6.07, 6.45) is 13.4. The van der Waals surface area contributed by atoms with E-state index in [9.17, 15) is 14.7 Å². The molecule has 0 saturated heterocycles. The summed E-state index contributed by atoms with van der Waals surface area (Å²) in [5.41, 5.74) is 1.92. The molecular formula is C32H52O6. The van der Waals surface area contributed by atoms with Gasteiger partial charge in [0.15, 0.2) is 11.5 Å².